The first kappa shape index (κ1) is 14.5. The Morgan fingerprint density at radius 3 is 2.86 bits per heavy atom. The SMILES string of the molecule is CCOC(=O)c1cc(-c2cc(OC)c(F)cc2C#N)on1. The number of methoxy groups -OCH3 is 1. The highest BCUT2D eigenvalue weighted by molar-refractivity contribution is 5.88. The van der Waals surface area contributed by atoms with Gasteiger partial charge >= 0.3 is 5.97 Å². The number of aromatic nitrogens is 1. The Morgan fingerprint density at radius 2 is 2.24 bits per heavy atom. The lowest BCUT2D eigenvalue weighted by Crippen LogP contribution is -2.04. The molecule has 0 aliphatic heterocycles. The highest BCUT2D eigenvalue weighted by Crippen LogP contribution is 2.30. The van der Waals surface area contributed by atoms with E-state index >= 15 is 0 Å². The number of benzene rings is 1. The molecule has 0 amide bonds. The number of carbonyl (C=O) groups is 1. The number of esters is 1. The van der Waals surface area contributed by atoms with Gasteiger partial charge in [0.2, 0.25) is 0 Å². The molecule has 0 bridgehead atoms. The van der Waals surface area contributed by atoms with Crippen molar-refractivity contribution in [1.29, 1.82) is 5.26 Å². The Labute approximate surface area is 119 Å². The normalized spacial score (nSPS) is 10.0. The summed E-state index contributed by atoms with van der Waals surface area (Å²) in [4.78, 5) is 11.5. The minimum absolute atomic E-state index is 0.0287. The number of hydrogen-bond acceptors (Lipinski definition) is 6. The Kier molecular flexibility index (Phi) is 4.18. The summed E-state index contributed by atoms with van der Waals surface area (Å²) in [5.74, 6) is -1.20. The predicted molar refractivity (Wildman–Crippen MR) is 69.1 cm³/mol. The van der Waals surface area contributed by atoms with E-state index in [0.717, 1.165) is 6.07 Å². The molecule has 0 saturated carbocycles. The Bertz CT molecular complexity index is 718. The molecule has 0 unspecified atom stereocenters. The van der Waals surface area contributed by atoms with Gasteiger partial charge in [-0.1, -0.05) is 5.16 Å². The molecule has 0 spiro atoms. The van der Waals surface area contributed by atoms with E-state index in [1.54, 1.807) is 6.92 Å². The summed E-state index contributed by atoms with van der Waals surface area (Å²) in [5, 5.41) is 12.6. The largest absolute Gasteiger partial charge is 0.494 e. The minimum Gasteiger partial charge on any atom is -0.494 e. The van der Waals surface area contributed by atoms with Gasteiger partial charge in [0.05, 0.1) is 19.3 Å². The van der Waals surface area contributed by atoms with Gasteiger partial charge in [-0.2, -0.15) is 5.26 Å². The highest BCUT2D eigenvalue weighted by atomic mass is 19.1. The van der Waals surface area contributed by atoms with E-state index in [1.807, 2.05) is 6.07 Å². The Hall–Kier alpha value is -2.88. The molecule has 0 aliphatic rings. The summed E-state index contributed by atoms with van der Waals surface area (Å²) in [6, 6.07) is 5.51. The van der Waals surface area contributed by atoms with Crippen LogP contribution in [0.15, 0.2) is 22.7 Å². The third-order valence-electron chi connectivity index (χ3n) is 2.67. The van der Waals surface area contributed by atoms with Crippen molar-refractivity contribution in [3.05, 3.63) is 35.3 Å². The first-order valence-electron chi connectivity index (χ1n) is 6.02. The summed E-state index contributed by atoms with van der Waals surface area (Å²) in [6.07, 6.45) is 0. The smallest absolute Gasteiger partial charge is 0.360 e. The van der Waals surface area contributed by atoms with Crippen LogP contribution in [0.1, 0.15) is 23.0 Å². The third-order valence-corrected chi connectivity index (χ3v) is 2.67. The van der Waals surface area contributed by atoms with Crippen LogP contribution in [-0.4, -0.2) is 24.8 Å². The van der Waals surface area contributed by atoms with E-state index < -0.39 is 11.8 Å². The number of rotatable bonds is 4. The Morgan fingerprint density at radius 1 is 1.48 bits per heavy atom. The predicted octanol–water partition coefficient (Wildman–Crippen LogP) is 2.54. The van der Waals surface area contributed by atoms with Gasteiger partial charge in [0.1, 0.15) is 6.07 Å². The van der Waals surface area contributed by atoms with Crippen molar-refractivity contribution in [3.63, 3.8) is 0 Å². The van der Waals surface area contributed by atoms with Crippen LogP contribution in [0.5, 0.6) is 5.75 Å². The lowest BCUT2D eigenvalue weighted by molar-refractivity contribution is 0.0514. The van der Waals surface area contributed by atoms with Crippen molar-refractivity contribution in [2.45, 2.75) is 6.92 Å². The van der Waals surface area contributed by atoms with Gasteiger partial charge in [0.25, 0.3) is 0 Å². The number of halogens is 1. The van der Waals surface area contributed by atoms with E-state index in [4.69, 9.17) is 19.3 Å². The monoisotopic (exact) mass is 290 g/mol. The zero-order valence-corrected chi connectivity index (χ0v) is 11.3. The van der Waals surface area contributed by atoms with Crippen LogP contribution in [0.2, 0.25) is 0 Å². The molecular weight excluding hydrogens is 279 g/mol. The fourth-order valence-electron chi connectivity index (χ4n) is 1.71. The van der Waals surface area contributed by atoms with Crippen molar-refractivity contribution < 1.29 is 23.2 Å². The van der Waals surface area contributed by atoms with Crippen LogP contribution in [0, 0.1) is 17.1 Å². The topological polar surface area (TPSA) is 85.4 Å². The summed E-state index contributed by atoms with van der Waals surface area (Å²) in [7, 11) is 1.30. The van der Waals surface area contributed by atoms with E-state index in [2.05, 4.69) is 5.16 Å². The standard InChI is InChI=1S/C14H11FN2O4/c1-3-20-14(18)11-6-12(21-17-11)9-5-13(19-2)10(15)4-8(9)7-16/h4-6H,3H2,1-2H3. The first-order chi connectivity index (χ1) is 10.1. The molecule has 0 fully saturated rings. The molecule has 0 atom stereocenters. The number of nitrogens with zero attached hydrogens (tertiary/aromatic N) is 2. The second-order valence-electron chi connectivity index (χ2n) is 3.94. The average Bonchev–Trinajstić information content (AvgIpc) is 2.96. The first-order valence-corrected chi connectivity index (χ1v) is 6.02. The number of ether oxygens (including phenoxy) is 2. The number of hydrogen-bond donors (Lipinski definition) is 0. The van der Waals surface area contributed by atoms with Gasteiger partial charge in [-0.3, -0.25) is 0 Å². The van der Waals surface area contributed by atoms with E-state index in [0.29, 0.717) is 0 Å². The van der Waals surface area contributed by atoms with Gasteiger partial charge in [-0.05, 0) is 19.1 Å². The van der Waals surface area contributed by atoms with Crippen molar-refractivity contribution in [3.8, 4) is 23.1 Å². The molecule has 7 heteroatoms. The van der Waals surface area contributed by atoms with Crippen LogP contribution < -0.4 is 4.74 Å². The van der Waals surface area contributed by atoms with E-state index in [9.17, 15) is 9.18 Å². The minimum atomic E-state index is -0.664. The molecule has 1 heterocycles. The summed E-state index contributed by atoms with van der Waals surface area (Å²) in [6.45, 7) is 1.87. The van der Waals surface area contributed by atoms with Crippen molar-refractivity contribution in [2.24, 2.45) is 0 Å². The van der Waals surface area contributed by atoms with Crippen molar-refractivity contribution in [1.82, 2.24) is 5.16 Å². The van der Waals surface area contributed by atoms with Crippen LogP contribution >= 0.6 is 0 Å². The van der Waals surface area contributed by atoms with E-state index in [-0.39, 0.29) is 34.9 Å². The maximum Gasteiger partial charge on any atom is 0.360 e. The maximum atomic E-state index is 13.6. The van der Waals surface area contributed by atoms with Gasteiger partial charge in [-0.15, -0.1) is 0 Å². The molecule has 1 aromatic heterocycles. The average molecular weight is 290 g/mol. The maximum absolute atomic E-state index is 13.6. The lowest BCUT2D eigenvalue weighted by Gasteiger charge is -2.05. The molecule has 108 valence electrons. The van der Waals surface area contributed by atoms with Crippen molar-refractivity contribution >= 4 is 5.97 Å². The van der Waals surface area contributed by atoms with E-state index in [1.165, 1.54) is 19.2 Å². The van der Waals surface area contributed by atoms with Gasteiger partial charge < -0.3 is 14.0 Å². The van der Waals surface area contributed by atoms with Crippen molar-refractivity contribution in [2.75, 3.05) is 13.7 Å². The lowest BCUT2D eigenvalue weighted by atomic mass is 10.0. The zero-order valence-electron chi connectivity index (χ0n) is 11.3. The second kappa shape index (κ2) is 6.05. The molecule has 0 saturated heterocycles. The molecular formula is C14H11FN2O4. The molecule has 0 N–H and O–H groups in total. The number of nitriles is 1. The fraction of sp³-hybridized carbons (Fsp3) is 0.214. The number of carbonyl (C=O) groups excluding carboxylic acids is 1. The molecule has 6 nitrogen and oxygen atoms in total. The zero-order chi connectivity index (χ0) is 15.4. The molecule has 1 aromatic carbocycles. The Balaban J connectivity index is 2.47. The van der Waals surface area contributed by atoms with Gasteiger partial charge in [0.15, 0.2) is 23.0 Å². The van der Waals surface area contributed by atoms with Crippen LogP contribution in [0.3, 0.4) is 0 Å². The molecule has 0 radical (unpaired) electrons. The highest BCUT2D eigenvalue weighted by Gasteiger charge is 2.19. The second-order valence-corrected chi connectivity index (χ2v) is 3.94. The van der Waals surface area contributed by atoms with Crippen LogP contribution in [0.4, 0.5) is 4.39 Å². The van der Waals surface area contributed by atoms with Crippen LogP contribution in [0.25, 0.3) is 11.3 Å². The quantitative estimate of drug-likeness (QED) is 0.804. The molecule has 21 heavy (non-hydrogen) atoms. The third kappa shape index (κ3) is 2.84. The van der Waals surface area contributed by atoms with Crippen LogP contribution in [-0.2, 0) is 4.74 Å². The van der Waals surface area contributed by atoms with Gasteiger partial charge in [-0.25, -0.2) is 9.18 Å². The van der Waals surface area contributed by atoms with Gasteiger partial charge in [0, 0.05) is 11.6 Å². The molecule has 2 rings (SSSR count). The summed E-state index contributed by atoms with van der Waals surface area (Å²) >= 11 is 0. The summed E-state index contributed by atoms with van der Waals surface area (Å²) < 4.78 is 28.2. The molecule has 2 aromatic rings. The molecule has 0 aliphatic carbocycles. The fourth-order valence-corrected chi connectivity index (χ4v) is 1.71. The summed E-state index contributed by atoms with van der Waals surface area (Å²) in [5.41, 5.74) is 0.290.